The van der Waals surface area contributed by atoms with Gasteiger partial charge in [0, 0.05) is 37.3 Å². The normalized spacial score (nSPS) is 17.8. The number of sulfonamides is 1. The van der Waals surface area contributed by atoms with Gasteiger partial charge in [0.15, 0.2) is 0 Å². The standard InChI is InChI=1S/C23H33N3O2S/c1-18(2)17-29(27,28)24-15-23(20-9-11-22(12-10-20)25(3)4)26-14-13-19-7-5-6-8-21(19)16-26/h5-12,18,23-24H,13-17H2,1-4H3/p+1/t23-/m1/s1. The van der Waals surface area contributed by atoms with Gasteiger partial charge in [-0.2, -0.15) is 0 Å². The van der Waals surface area contributed by atoms with Gasteiger partial charge in [-0.3, -0.25) is 0 Å². The van der Waals surface area contributed by atoms with Gasteiger partial charge in [-0.15, -0.1) is 0 Å². The fraction of sp³-hybridized carbons (Fsp3) is 0.478. The van der Waals surface area contributed by atoms with Crippen molar-refractivity contribution in [1.29, 1.82) is 0 Å². The Labute approximate surface area is 175 Å². The summed E-state index contributed by atoms with van der Waals surface area (Å²) in [5.41, 5.74) is 5.11. The van der Waals surface area contributed by atoms with Crippen LogP contribution in [0.3, 0.4) is 0 Å². The molecule has 158 valence electrons. The molecule has 0 amide bonds. The first kappa shape index (κ1) is 21.8. The van der Waals surface area contributed by atoms with Gasteiger partial charge >= 0.3 is 0 Å². The van der Waals surface area contributed by atoms with Crippen LogP contribution in [-0.2, 0) is 23.0 Å². The van der Waals surface area contributed by atoms with Crippen LogP contribution in [0.4, 0.5) is 5.69 Å². The van der Waals surface area contributed by atoms with E-state index >= 15 is 0 Å². The molecule has 0 spiro atoms. The zero-order chi connectivity index (χ0) is 21.0. The van der Waals surface area contributed by atoms with Crippen molar-refractivity contribution in [3.05, 3.63) is 65.2 Å². The van der Waals surface area contributed by atoms with Crippen LogP contribution in [0, 0.1) is 5.92 Å². The largest absolute Gasteiger partial charge is 0.378 e. The number of hydrogen-bond donors (Lipinski definition) is 2. The van der Waals surface area contributed by atoms with Crippen LogP contribution in [0.1, 0.15) is 36.6 Å². The topological polar surface area (TPSA) is 53.9 Å². The van der Waals surface area contributed by atoms with Crippen LogP contribution in [0.15, 0.2) is 48.5 Å². The monoisotopic (exact) mass is 416 g/mol. The Morgan fingerprint density at radius 1 is 1.03 bits per heavy atom. The summed E-state index contributed by atoms with van der Waals surface area (Å²) >= 11 is 0. The molecular weight excluding hydrogens is 382 g/mol. The Bertz CT molecular complexity index is 908. The van der Waals surface area contributed by atoms with Crippen molar-refractivity contribution in [3.8, 4) is 0 Å². The summed E-state index contributed by atoms with van der Waals surface area (Å²) < 4.78 is 27.8. The summed E-state index contributed by atoms with van der Waals surface area (Å²) in [7, 11) is 0.778. The summed E-state index contributed by atoms with van der Waals surface area (Å²) in [4.78, 5) is 3.49. The maximum absolute atomic E-state index is 12.5. The molecule has 2 aromatic rings. The summed E-state index contributed by atoms with van der Waals surface area (Å²) in [6.45, 7) is 6.21. The second-order valence-corrected chi connectivity index (χ2v) is 10.5. The lowest BCUT2D eigenvalue weighted by molar-refractivity contribution is -0.945. The molecule has 1 aliphatic rings. The number of rotatable bonds is 8. The van der Waals surface area contributed by atoms with Gasteiger partial charge in [-0.25, -0.2) is 13.1 Å². The lowest BCUT2D eigenvalue weighted by Gasteiger charge is -2.33. The molecule has 0 aliphatic carbocycles. The predicted octanol–water partition coefficient (Wildman–Crippen LogP) is 2.01. The summed E-state index contributed by atoms with van der Waals surface area (Å²) in [6, 6.07) is 17.2. The van der Waals surface area contributed by atoms with Crippen LogP contribution in [0.5, 0.6) is 0 Å². The van der Waals surface area contributed by atoms with Crippen molar-refractivity contribution in [2.24, 2.45) is 5.92 Å². The molecule has 1 heterocycles. The van der Waals surface area contributed by atoms with E-state index in [1.54, 1.807) is 0 Å². The summed E-state index contributed by atoms with van der Waals surface area (Å²) in [6.07, 6.45) is 1.02. The van der Waals surface area contributed by atoms with Crippen molar-refractivity contribution in [2.45, 2.75) is 32.9 Å². The average Bonchev–Trinajstić information content (AvgIpc) is 2.67. The van der Waals surface area contributed by atoms with Crippen molar-refractivity contribution >= 4 is 15.7 Å². The molecule has 0 saturated heterocycles. The van der Waals surface area contributed by atoms with Gasteiger partial charge in [-0.05, 0) is 23.6 Å². The highest BCUT2D eigenvalue weighted by Gasteiger charge is 2.29. The van der Waals surface area contributed by atoms with E-state index < -0.39 is 10.0 Å². The molecule has 0 bridgehead atoms. The molecule has 5 nitrogen and oxygen atoms in total. The van der Waals surface area contributed by atoms with Gasteiger partial charge in [-0.1, -0.05) is 50.2 Å². The Balaban J connectivity index is 1.83. The fourth-order valence-electron chi connectivity index (χ4n) is 4.11. The molecular formula is C23H34N3O2S+. The van der Waals surface area contributed by atoms with E-state index in [0.29, 0.717) is 6.54 Å². The van der Waals surface area contributed by atoms with Crippen LogP contribution in [-0.4, -0.2) is 41.4 Å². The molecule has 2 atom stereocenters. The molecule has 0 saturated carbocycles. The highest BCUT2D eigenvalue weighted by atomic mass is 32.2. The Kier molecular flexibility index (Phi) is 6.98. The maximum atomic E-state index is 12.5. The molecule has 0 aromatic heterocycles. The van der Waals surface area contributed by atoms with Crippen molar-refractivity contribution in [3.63, 3.8) is 0 Å². The third-order valence-corrected chi connectivity index (χ3v) is 7.33. The molecule has 0 fully saturated rings. The molecule has 2 aromatic carbocycles. The first-order valence-electron chi connectivity index (χ1n) is 10.4. The molecule has 1 aliphatic heterocycles. The Hall–Kier alpha value is -1.89. The smallest absolute Gasteiger partial charge is 0.212 e. The highest BCUT2D eigenvalue weighted by molar-refractivity contribution is 7.89. The van der Waals surface area contributed by atoms with E-state index in [1.807, 2.05) is 27.9 Å². The summed E-state index contributed by atoms with van der Waals surface area (Å²) in [5, 5.41) is 0. The first-order valence-corrected chi connectivity index (χ1v) is 12.1. The Morgan fingerprint density at radius 2 is 1.69 bits per heavy atom. The fourth-order valence-corrected chi connectivity index (χ4v) is 5.53. The van der Waals surface area contributed by atoms with Crippen molar-refractivity contribution in [1.82, 2.24) is 4.72 Å². The maximum Gasteiger partial charge on any atom is 0.212 e. The third kappa shape index (κ3) is 5.81. The van der Waals surface area contributed by atoms with Gasteiger partial charge < -0.3 is 9.80 Å². The lowest BCUT2D eigenvalue weighted by atomic mass is 9.96. The van der Waals surface area contributed by atoms with Gasteiger partial charge in [0.1, 0.15) is 12.6 Å². The zero-order valence-corrected chi connectivity index (χ0v) is 18.8. The van der Waals surface area contributed by atoms with Gasteiger partial charge in [0.25, 0.3) is 0 Å². The number of hydrogen-bond acceptors (Lipinski definition) is 3. The SMILES string of the molecule is CC(C)CS(=O)(=O)NC[C@H](c1ccc(N(C)C)cc1)[NH+]1CCc2ccccc2C1. The minimum absolute atomic E-state index is 0.0847. The molecule has 29 heavy (non-hydrogen) atoms. The van der Waals surface area contributed by atoms with Gasteiger partial charge in [0.2, 0.25) is 10.0 Å². The van der Waals surface area contributed by atoms with E-state index in [0.717, 1.165) is 25.2 Å². The van der Waals surface area contributed by atoms with Crippen LogP contribution >= 0.6 is 0 Å². The molecule has 3 rings (SSSR count). The molecule has 0 radical (unpaired) electrons. The average molecular weight is 417 g/mol. The number of anilines is 1. The second kappa shape index (κ2) is 9.28. The van der Waals surface area contributed by atoms with E-state index in [4.69, 9.17) is 0 Å². The first-order chi connectivity index (χ1) is 13.7. The zero-order valence-electron chi connectivity index (χ0n) is 18.0. The Morgan fingerprint density at radius 3 is 2.31 bits per heavy atom. The summed E-state index contributed by atoms with van der Waals surface area (Å²) in [5.74, 6) is 0.275. The minimum Gasteiger partial charge on any atom is -0.378 e. The van der Waals surface area contributed by atoms with Crippen LogP contribution < -0.4 is 14.5 Å². The predicted molar refractivity (Wildman–Crippen MR) is 120 cm³/mol. The van der Waals surface area contributed by atoms with Crippen molar-refractivity contribution < 1.29 is 13.3 Å². The number of fused-ring (bicyclic) bond motifs is 1. The van der Waals surface area contributed by atoms with E-state index in [-0.39, 0.29) is 17.7 Å². The van der Waals surface area contributed by atoms with E-state index in [2.05, 4.69) is 58.2 Å². The highest BCUT2D eigenvalue weighted by Crippen LogP contribution is 2.19. The number of nitrogens with zero attached hydrogens (tertiary/aromatic N) is 1. The quantitative estimate of drug-likeness (QED) is 0.692. The van der Waals surface area contributed by atoms with E-state index in [9.17, 15) is 8.42 Å². The number of nitrogens with one attached hydrogen (secondary N) is 2. The second-order valence-electron chi connectivity index (χ2n) is 8.67. The molecule has 1 unspecified atom stereocenters. The van der Waals surface area contributed by atoms with Gasteiger partial charge in [0.05, 0.1) is 18.8 Å². The number of quaternary nitrogens is 1. The number of benzene rings is 2. The lowest BCUT2D eigenvalue weighted by Crippen LogP contribution is -3.12. The molecule has 2 N–H and O–H groups in total. The van der Waals surface area contributed by atoms with Crippen molar-refractivity contribution in [2.75, 3.05) is 37.8 Å². The van der Waals surface area contributed by atoms with Crippen LogP contribution in [0.2, 0.25) is 0 Å². The van der Waals surface area contributed by atoms with Crippen LogP contribution in [0.25, 0.3) is 0 Å². The van der Waals surface area contributed by atoms with E-state index in [1.165, 1.54) is 21.6 Å². The molecule has 6 heteroatoms. The minimum atomic E-state index is -3.28. The third-order valence-electron chi connectivity index (χ3n) is 5.62.